The van der Waals surface area contributed by atoms with Gasteiger partial charge in [0.1, 0.15) is 5.56 Å². The van der Waals surface area contributed by atoms with Crippen LogP contribution in [0.25, 0.3) is 10.6 Å². The van der Waals surface area contributed by atoms with Crippen LogP contribution in [0.4, 0.5) is 24.8 Å². The van der Waals surface area contributed by atoms with Crippen molar-refractivity contribution in [1.29, 1.82) is 0 Å². The van der Waals surface area contributed by atoms with Crippen LogP contribution < -0.4 is 10.6 Å². The lowest BCUT2D eigenvalue weighted by Gasteiger charge is -2.13. The average molecular weight is 424 g/mol. The van der Waals surface area contributed by atoms with Gasteiger partial charge in [-0.15, -0.1) is 11.3 Å². The largest absolute Gasteiger partial charge is 0.420 e. The highest BCUT2D eigenvalue weighted by molar-refractivity contribution is 7.84. The first-order valence-corrected chi connectivity index (χ1v) is 10.7. The molecule has 4 rings (SSSR count). The first-order valence-electron chi connectivity index (χ1n) is 8.27. The van der Waals surface area contributed by atoms with E-state index in [9.17, 15) is 17.4 Å². The normalized spacial score (nSPS) is 14.7. The van der Waals surface area contributed by atoms with Crippen molar-refractivity contribution in [3.63, 3.8) is 0 Å². The van der Waals surface area contributed by atoms with Gasteiger partial charge in [0.2, 0.25) is 5.95 Å². The van der Waals surface area contributed by atoms with E-state index in [1.165, 1.54) is 17.9 Å². The van der Waals surface area contributed by atoms with Crippen molar-refractivity contribution in [2.75, 3.05) is 11.6 Å². The Morgan fingerprint density at radius 2 is 2.00 bits per heavy atom. The summed E-state index contributed by atoms with van der Waals surface area (Å²) in [5, 5.41) is 7.79. The van der Waals surface area contributed by atoms with Gasteiger partial charge >= 0.3 is 6.18 Å². The number of benzene rings is 1. The van der Waals surface area contributed by atoms with E-state index in [0.29, 0.717) is 15.5 Å². The van der Waals surface area contributed by atoms with Crippen LogP contribution in [0.1, 0.15) is 16.7 Å². The van der Waals surface area contributed by atoms with E-state index in [1.54, 1.807) is 5.38 Å². The van der Waals surface area contributed by atoms with E-state index in [0.717, 1.165) is 36.2 Å². The van der Waals surface area contributed by atoms with Gasteiger partial charge in [0.25, 0.3) is 0 Å². The summed E-state index contributed by atoms with van der Waals surface area (Å²) in [6.45, 7) is 1.55. The van der Waals surface area contributed by atoms with Crippen LogP contribution in [0.15, 0.2) is 40.7 Å². The van der Waals surface area contributed by atoms with E-state index < -0.39 is 22.5 Å². The lowest BCUT2D eigenvalue weighted by molar-refractivity contribution is -0.137. The molecule has 3 heterocycles. The number of aromatic nitrogens is 2. The maximum atomic E-state index is 13.4. The summed E-state index contributed by atoms with van der Waals surface area (Å²) in [6.07, 6.45) is -2.34. The number of fused-ring (bicyclic) bond motifs is 1. The molecule has 0 fully saturated rings. The molecule has 1 atom stereocenters. The highest BCUT2D eigenvalue weighted by Crippen LogP contribution is 2.39. The lowest BCUT2D eigenvalue weighted by Crippen LogP contribution is -2.10. The molecule has 5 nitrogen and oxygen atoms in total. The number of hydrogen-bond donors (Lipinski definition) is 2. The number of nitrogens with one attached hydrogen (secondary N) is 2. The second-order valence-corrected chi connectivity index (χ2v) is 8.56. The van der Waals surface area contributed by atoms with Gasteiger partial charge in [-0.1, -0.05) is 6.07 Å². The van der Waals surface area contributed by atoms with Gasteiger partial charge in [-0.05, 0) is 29.3 Å². The molecule has 0 saturated carbocycles. The quantitative estimate of drug-likeness (QED) is 0.653. The summed E-state index contributed by atoms with van der Waals surface area (Å²) < 4.78 is 52.0. The Balaban J connectivity index is 1.72. The number of nitrogens with zero attached hydrogens (tertiary/aromatic N) is 2. The van der Waals surface area contributed by atoms with Gasteiger partial charge in [0, 0.05) is 41.5 Å². The Morgan fingerprint density at radius 1 is 1.21 bits per heavy atom. The molecule has 2 N–H and O–H groups in total. The molecule has 1 aliphatic heterocycles. The second-order valence-electron chi connectivity index (χ2n) is 6.27. The van der Waals surface area contributed by atoms with Gasteiger partial charge < -0.3 is 10.6 Å². The molecular formula is C18H15F3N4OS2. The Hall–Kier alpha value is -2.30. The van der Waals surface area contributed by atoms with Crippen molar-refractivity contribution in [2.45, 2.75) is 24.2 Å². The molecule has 3 aromatic rings. The molecule has 0 spiro atoms. The van der Waals surface area contributed by atoms with Crippen molar-refractivity contribution in [3.8, 4) is 10.6 Å². The van der Waals surface area contributed by atoms with Gasteiger partial charge in [0.15, 0.2) is 0 Å². The van der Waals surface area contributed by atoms with Crippen LogP contribution in [0.3, 0.4) is 0 Å². The first kappa shape index (κ1) is 19.0. The number of hydrogen-bond acceptors (Lipinski definition) is 6. The molecule has 1 aliphatic rings. The SMILES string of the molecule is CS(=O)c1csc(-c2nc(Nc3ccc4c(c3)CNC4)ncc2C(F)(F)F)c1. The fraction of sp³-hybridized carbons (Fsp3) is 0.222. The van der Waals surface area contributed by atoms with Crippen molar-refractivity contribution in [3.05, 3.63) is 52.5 Å². The first-order chi connectivity index (χ1) is 13.3. The standard InChI is InChI=1S/C18H15F3N4OS2/c1-28(26)13-5-15(27-9-13)16-14(18(19,20)21)8-23-17(25-16)24-12-3-2-10-6-22-7-11(10)4-12/h2-5,8-9,22H,6-7H2,1H3,(H,23,24,25). The minimum absolute atomic E-state index is 0.0708. The molecule has 0 radical (unpaired) electrons. The van der Waals surface area contributed by atoms with Crippen LogP contribution >= 0.6 is 11.3 Å². The van der Waals surface area contributed by atoms with Gasteiger partial charge in [-0.2, -0.15) is 13.2 Å². The molecule has 0 saturated heterocycles. The molecule has 1 unspecified atom stereocenters. The third-order valence-electron chi connectivity index (χ3n) is 4.33. The number of thiophene rings is 1. The summed E-state index contributed by atoms with van der Waals surface area (Å²) in [4.78, 5) is 8.73. The topological polar surface area (TPSA) is 66.9 Å². The summed E-state index contributed by atoms with van der Waals surface area (Å²) in [5.74, 6) is 0.0708. The molecule has 0 aliphatic carbocycles. The number of halogens is 3. The van der Waals surface area contributed by atoms with E-state index in [1.807, 2.05) is 18.2 Å². The molecule has 1 aromatic carbocycles. The van der Waals surface area contributed by atoms with Gasteiger partial charge in [-0.25, -0.2) is 9.97 Å². The molecule has 2 aromatic heterocycles. The number of anilines is 2. The van der Waals surface area contributed by atoms with E-state index in [4.69, 9.17) is 0 Å². The maximum Gasteiger partial charge on any atom is 0.420 e. The van der Waals surface area contributed by atoms with E-state index >= 15 is 0 Å². The molecule has 0 bridgehead atoms. The zero-order valence-corrected chi connectivity index (χ0v) is 16.3. The smallest absolute Gasteiger partial charge is 0.324 e. The minimum Gasteiger partial charge on any atom is -0.324 e. The second kappa shape index (κ2) is 7.26. The Labute approximate surface area is 165 Å². The Kier molecular flexibility index (Phi) is 4.94. The van der Waals surface area contributed by atoms with Gasteiger partial charge in [0.05, 0.1) is 21.4 Å². The van der Waals surface area contributed by atoms with Crippen LogP contribution in [0.5, 0.6) is 0 Å². The van der Waals surface area contributed by atoms with E-state index in [-0.39, 0.29) is 11.6 Å². The molecule has 10 heteroatoms. The highest BCUT2D eigenvalue weighted by Gasteiger charge is 2.36. The van der Waals surface area contributed by atoms with Crippen LogP contribution in [0, 0.1) is 0 Å². The summed E-state index contributed by atoms with van der Waals surface area (Å²) in [6, 6.07) is 7.21. The zero-order chi connectivity index (χ0) is 19.9. The van der Waals surface area contributed by atoms with E-state index in [2.05, 4.69) is 20.6 Å². The summed E-state index contributed by atoms with van der Waals surface area (Å²) >= 11 is 1.07. The molecule has 146 valence electrons. The van der Waals surface area contributed by atoms with Crippen molar-refractivity contribution >= 4 is 33.8 Å². The Bertz CT molecular complexity index is 1070. The highest BCUT2D eigenvalue weighted by atomic mass is 32.2. The molecule has 28 heavy (non-hydrogen) atoms. The average Bonchev–Trinajstić information content (AvgIpc) is 3.30. The fourth-order valence-electron chi connectivity index (χ4n) is 2.93. The number of alkyl halides is 3. The minimum atomic E-state index is -4.59. The van der Waals surface area contributed by atoms with Crippen LogP contribution in [-0.4, -0.2) is 20.4 Å². The lowest BCUT2D eigenvalue weighted by atomic mass is 10.1. The van der Waals surface area contributed by atoms with Crippen LogP contribution in [-0.2, 0) is 30.1 Å². The van der Waals surface area contributed by atoms with Crippen molar-refractivity contribution < 1.29 is 17.4 Å². The Morgan fingerprint density at radius 3 is 2.71 bits per heavy atom. The summed E-state index contributed by atoms with van der Waals surface area (Å²) in [5.41, 5.74) is 1.87. The van der Waals surface area contributed by atoms with Crippen molar-refractivity contribution in [2.24, 2.45) is 0 Å². The molecular weight excluding hydrogens is 409 g/mol. The third-order valence-corrected chi connectivity index (χ3v) is 6.31. The molecule has 0 amide bonds. The van der Waals surface area contributed by atoms with Crippen LogP contribution in [0.2, 0.25) is 0 Å². The predicted molar refractivity (Wildman–Crippen MR) is 103 cm³/mol. The third kappa shape index (κ3) is 3.80. The van der Waals surface area contributed by atoms with Gasteiger partial charge in [-0.3, -0.25) is 4.21 Å². The zero-order valence-electron chi connectivity index (χ0n) is 14.6. The number of rotatable bonds is 4. The monoisotopic (exact) mass is 424 g/mol. The fourth-order valence-corrected chi connectivity index (χ4v) is 4.75. The summed E-state index contributed by atoms with van der Waals surface area (Å²) in [7, 11) is -1.28. The van der Waals surface area contributed by atoms with Crippen molar-refractivity contribution in [1.82, 2.24) is 15.3 Å². The maximum absolute atomic E-state index is 13.4. The predicted octanol–water partition coefficient (Wildman–Crippen LogP) is 4.31.